The van der Waals surface area contributed by atoms with Gasteiger partial charge in [-0.3, -0.25) is 9.59 Å². The summed E-state index contributed by atoms with van der Waals surface area (Å²) in [6.07, 6.45) is 4.34. The summed E-state index contributed by atoms with van der Waals surface area (Å²) in [5, 5.41) is 0. The number of ether oxygens (including phenoxy) is 2. The molecule has 0 radical (unpaired) electrons. The number of unbranched alkanes of at least 4 members (excludes halogenated alkanes) is 3. The SMILES string of the molecule is O=C(CCCCCCC(=O)OCCS)OCCS. The monoisotopic (exact) mass is 294 g/mol. The van der Waals surface area contributed by atoms with E-state index in [9.17, 15) is 9.59 Å². The summed E-state index contributed by atoms with van der Waals surface area (Å²) in [4.78, 5) is 22.2. The van der Waals surface area contributed by atoms with Gasteiger partial charge in [-0.05, 0) is 12.8 Å². The largest absolute Gasteiger partial charge is 0.465 e. The first-order chi connectivity index (χ1) is 8.70. The van der Waals surface area contributed by atoms with Crippen molar-refractivity contribution in [1.29, 1.82) is 0 Å². The van der Waals surface area contributed by atoms with E-state index in [2.05, 4.69) is 25.3 Å². The van der Waals surface area contributed by atoms with Gasteiger partial charge in [-0.1, -0.05) is 12.8 Å². The Morgan fingerprint density at radius 1 is 0.722 bits per heavy atom. The second kappa shape index (κ2) is 13.1. The topological polar surface area (TPSA) is 52.6 Å². The van der Waals surface area contributed by atoms with Crippen molar-refractivity contribution in [2.24, 2.45) is 0 Å². The van der Waals surface area contributed by atoms with Gasteiger partial charge in [0.2, 0.25) is 0 Å². The fourth-order valence-electron chi connectivity index (χ4n) is 1.36. The molecule has 0 atom stereocenters. The molecule has 0 saturated heterocycles. The molecule has 0 rings (SSSR count). The zero-order valence-electron chi connectivity index (χ0n) is 10.6. The van der Waals surface area contributed by atoms with Crippen molar-refractivity contribution in [3.8, 4) is 0 Å². The van der Waals surface area contributed by atoms with E-state index in [1.807, 2.05) is 0 Å². The van der Waals surface area contributed by atoms with Crippen LogP contribution in [0.25, 0.3) is 0 Å². The Balaban J connectivity index is 3.25. The van der Waals surface area contributed by atoms with Gasteiger partial charge in [0.25, 0.3) is 0 Å². The van der Waals surface area contributed by atoms with Crippen molar-refractivity contribution in [3.63, 3.8) is 0 Å². The van der Waals surface area contributed by atoms with Gasteiger partial charge in [-0.2, -0.15) is 25.3 Å². The van der Waals surface area contributed by atoms with Crippen LogP contribution in [0.4, 0.5) is 0 Å². The Morgan fingerprint density at radius 2 is 1.11 bits per heavy atom. The summed E-state index contributed by atoms with van der Waals surface area (Å²) in [6.45, 7) is 0.748. The van der Waals surface area contributed by atoms with Gasteiger partial charge in [0.1, 0.15) is 13.2 Å². The first-order valence-electron chi connectivity index (χ1n) is 6.23. The molecule has 0 spiro atoms. The molecule has 0 amide bonds. The zero-order valence-corrected chi connectivity index (χ0v) is 12.4. The van der Waals surface area contributed by atoms with E-state index in [0.29, 0.717) is 37.6 Å². The van der Waals surface area contributed by atoms with Gasteiger partial charge in [-0.15, -0.1) is 0 Å². The summed E-state index contributed by atoms with van der Waals surface area (Å²) in [6, 6.07) is 0. The minimum absolute atomic E-state index is 0.169. The van der Waals surface area contributed by atoms with Crippen molar-refractivity contribution in [2.45, 2.75) is 38.5 Å². The molecule has 106 valence electrons. The Kier molecular flexibility index (Phi) is 12.8. The van der Waals surface area contributed by atoms with Crippen LogP contribution in [0.5, 0.6) is 0 Å². The number of carbonyl (C=O) groups excluding carboxylic acids is 2. The molecule has 0 unspecified atom stereocenters. The van der Waals surface area contributed by atoms with E-state index in [1.54, 1.807) is 0 Å². The molecule has 0 aromatic heterocycles. The summed E-state index contributed by atoms with van der Waals surface area (Å²) in [5.74, 6) is 0.773. The van der Waals surface area contributed by atoms with Gasteiger partial charge in [0, 0.05) is 24.3 Å². The average Bonchev–Trinajstić information content (AvgIpc) is 2.37. The van der Waals surface area contributed by atoms with Crippen LogP contribution in [-0.2, 0) is 19.1 Å². The van der Waals surface area contributed by atoms with E-state index in [4.69, 9.17) is 9.47 Å². The van der Waals surface area contributed by atoms with E-state index in [-0.39, 0.29) is 11.9 Å². The van der Waals surface area contributed by atoms with E-state index >= 15 is 0 Å². The van der Waals surface area contributed by atoms with Crippen molar-refractivity contribution in [1.82, 2.24) is 0 Å². The lowest BCUT2D eigenvalue weighted by atomic mass is 10.1. The molecular formula is C12H22O4S2. The number of rotatable bonds is 11. The predicted molar refractivity (Wildman–Crippen MR) is 77.3 cm³/mol. The van der Waals surface area contributed by atoms with Crippen molar-refractivity contribution in [3.05, 3.63) is 0 Å². The quantitative estimate of drug-likeness (QED) is 0.349. The molecular weight excluding hydrogens is 272 g/mol. The second-order valence-electron chi connectivity index (χ2n) is 3.80. The third-order valence-electron chi connectivity index (χ3n) is 2.22. The highest BCUT2D eigenvalue weighted by molar-refractivity contribution is 7.80. The molecule has 0 aliphatic heterocycles. The Labute approximate surface area is 120 Å². The van der Waals surface area contributed by atoms with Crippen molar-refractivity contribution < 1.29 is 19.1 Å². The zero-order chi connectivity index (χ0) is 13.6. The summed E-state index contributed by atoms with van der Waals surface area (Å²) in [5.41, 5.74) is 0. The molecule has 18 heavy (non-hydrogen) atoms. The van der Waals surface area contributed by atoms with Gasteiger partial charge < -0.3 is 9.47 Å². The lowest BCUT2D eigenvalue weighted by molar-refractivity contribution is -0.144. The first kappa shape index (κ1) is 17.6. The minimum atomic E-state index is -0.169. The highest BCUT2D eigenvalue weighted by atomic mass is 32.1. The smallest absolute Gasteiger partial charge is 0.305 e. The fraction of sp³-hybridized carbons (Fsp3) is 0.833. The van der Waals surface area contributed by atoms with Crippen LogP contribution in [0.1, 0.15) is 38.5 Å². The van der Waals surface area contributed by atoms with Crippen LogP contribution in [0, 0.1) is 0 Å². The van der Waals surface area contributed by atoms with Crippen LogP contribution in [-0.4, -0.2) is 36.7 Å². The molecule has 0 fully saturated rings. The van der Waals surface area contributed by atoms with Crippen molar-refractivity contribution >= 4 is 37.2 Å². The average molecular weight is 294 g/mol. The molecule has 0 aliphatic rings. The maximum atomic E-state index is 11.1. The standard InChI is InChI=1S/C12H22O4S2/c13-11(15-7-9-17)5-3-1-2-4-6-12(14)16-8-10-18/h17-18H,1-10H2. The van der Waals surface area contributed by atoms with Gasteiger partial charge in [-0.25, -0.2) is 0 Å². The van der Waals surface area contributed by atoms with Crippen LogP contribution in [0.15, 0.2) is 0 Å². The molecule has 4 nitrogen and oxygen atoms in total. The Bertz CT molecular complexity index is 210. The highest BCUT2D eigenvalue weighted by Crippen LogP contribution is 2.07. The Hall–Kier alpha value is -0.360. The number of hydrogen-bond acceptors (Lipinski definition) is 6. The highest BCUT2D eigenvalue weighted by Gasteiger charge is 2.03. The molecule has 0 saturated carbocycles. The minimum Gasteiger partial charge on any atom is -0.465 e. The first-order valence-corrected chi connectivity index (χ1v) is 7.50. The lowest BCUT2D eigenvalue weighted by Gasteiger charge is -2.04. The third kappa shape index (κ3) is 12.1. The Morgan fingerprint density at radius 3 is 1.44 bits per heavy atom. The summed E-state index contributed by atoms with van der Waals surface area (Å²) >= 11 is 7.90. The van der Waals surface area contributed by atoms with Gasteiger partial charge >= 0.3 is 11.9 Å². The number of carbonyl (C=O) groups is 2. The lowest BCUT2D eigenvalue weighted by Crippen LogP contribution is -2.07. The number of esters is 2. The van der Waals surface area contributed by atoms with Gasteiger partial charge in [0.05, 0.1) is 0 Å². The number of hydrogen-bond donors (Lipinski definition) is 2. The second-order valence-corrected chi connectivity index (χ2v) is 4.70. The molecule has 0 aliphatic carbocycles. The fourth-order valence-corrected chi connectivity index (χ4v) is 1.54. The summed E-state index contributed by atoms with van der Waals surface area (Å²) in [7, 11) is 0. The summed E-state index contributed by atoms with van der Waals surface area (Å²) < 4.78 is 9.77. The van der Waals surface area contributed by atoms with E-state index in [0.717, 1.165) is 25.7 Å². The predicted octanol–water partition coefficient (Wildman–Crippen LogP) is 2.27. The van der Waals surface area contributed by atoms with Crippen LogP contribution < -0.4 is 0 Å². The van der Waals surface area contributed by atoms with Crippen molar-refractivity contribution in [2.75, 3.05) is 24.7 Å². The molecule has 0 aromatic carbocycles. The van der Waals surface area contributed by atoms with Crippen LogP contribution in [0.3, 0.4) is 0 Å². The molecule has 0 bridgehead atoms. The van der Waals surface area contributed by atoms with Crippen LogP contribution >= 0.6 is 25.3 Å². The molecule has 6 heteroatoms. The molecule has 0 N–H and O–H groups in total. The van der Waals surface area contributed by atoms with Gasteiger partial charge in [0.15, 0.2) is 0 Å². The van der Waals surface area contributed by atoms with E-state index < -0.39 is 0 Å². The van der Waals surface area contributed by atoms with E-state index in [1.165, 1.54) is 0 Å². The van der Waals surface area contributed by atoms with Crippen LogP contribution in [0.2, 0.25) is 0 Å². The third-order valence-corrected chi connectivity index (χ3v) is 2.59. The molecule has 0 aromatic rings. The maximum Gasteiger partial charge on any atom is 0.305 e. The number of thiol groups is 2. The maximum absolute atomic E-state index is 11.1. The molecule has 0 heterocycles. The normalized spacial score (nSPS) is 10.1.